The molecule has 0 fully saturated rings. The van der Waals surface area contributed by atoms with Crippen LogP contribution in [0.3, 0.4) is 0 Å². The molecule has 1 aliphatic rings. The number of rotatable bonds is 3. The lowest BCUT2D eigenvalue weighted by Crippen LogP contribution is -2.26. The Bertz CT molecular complexity index is 2740. The molecule has 0 radical (unpaired) electrons. The van der Waals surface area contributed by atoms with Crippen LogP contribution in [0.25, 0.3) is 70.9 Å². The van der Waals surface area contributed by atoms with Gasteiger partial charge in [-0.25, -0.2) is 0 Å². The number of nitrogens with zero attached hydrogens (tertiary/aromatic N) is 2. The third-order valence-corrected chi connectivity index (χ3v) is 10.6. The van der Waals surface area contributed by atoms with Crippen molar-refractivity contribution in [1.29, 1.82) is 0 Å². The van der Waals surface area contributed by atoms with Gasteiger partial charge < -0.3 is 4.57 Å². The molecular weight excluding hydrogens is 581 g/mol. The predicted octanol–water partition coefficient (Wildman–Crippen LogP) is 12.3. The van der Waals surface area contributed by atoms with E-state index in [1.807, 2.05) is 0 Å². The fraction of sp³-hybridized carbons (Fsp3) is 0.0652. The number of hydrogen-bond donors (Lipinski definition) is 0. The second-order valence-corrected chi connectivity index (χ2v) is 13.6. The van der Waals surface area contributed by atoms with Gasteiger partial charge in [-0.05, 0) is 84.9 Å². The summed E-state index contributed by atoms with van der Waals surface area (Å²) >= 11 is 0. The molecule has 0 saturated heterocycles. The first-order valence-corrected chi connectivity index (χ1v) is 16.7. The molecule has 0 aliphatic carbocycles. The first-order chi connectivity index (χ1) is 23.6. The van der Waals surface area contributed by atoms with Crippen molar-refractivity contribution in [1.82, 2.24) is 4.57 Å². The number of hydrogen-bond acceptors (Lipinski definition) is 1. The molecule has 1 aromatic heterocycles. The van der Waals surface area contributed by atoms with E-state index in [2.05, 4.69) is 176 Å². The average Bonchev–Trinajstić information content (AvgIpc) is 3.63. The van der Waals surface area contributed by atoms with Crippen LogP contribution >= 0.6 is 0 Å². The Balaban J connectivity index is 1.13. The summed E-state index contributed by atoms with van der Waals surface area (Å²) in [7, 11) is 0. The molecule has 0 amide bonds. The van der Waals surface area contributed by atoms with Gasteiger partial charge in [0, 0.05) is 21.9 Å². The molecule has 0 spiro atoms. The van der Waals surface area contributed by atoms with Gasteiger partial charge in [-0.15, -0.1) is 0 Å². The Morgan fingerprint density at radius 3 is 1.69 bits per heavy atom. The van der Waals surface area contributed by atoms with Crippen molar-refractivity contribution in [3.63, 3.8) is 0 Å². The molecule has 0 saturated carbocycles. The van der Waals surface area contributed by atoms with E-state index < -0.39 is 0 Å². The lowest BCUT2D eigenvalue weighted by molar-refractivity contribution is 0.738. The maximum absolute atomic E-state index is 5.38. The minimum atomic E-state index is -0.187. The third kappa shape index (κ3) is 3.77. The SMILES string of the molecule is CC1(C)C(c2ccccc2)=Nc2c1ccc1c2c2ccccc2n1-c1ccc(-c2ccc3c4ccccc4c4ccccc4c3c2)cc1. The maximum atomic E-state index is 5.38. The zero-order valence-electron chi connectivity index (χ0n) is 26.9. The molecular formula is C46H32N2. The number of aromatic nitrogens is 1. The maximum Gasteiger partial charge on any atom is 0.0775 e. The Hall–Kier alpha value is -5.99. The smallest absolute Gasteiger partial charge is 0.0775 e. The number of para-hydroxylation sites is 1. The largest absolute Gasteiger partial charge is 0.309 e. The van der Waals surface area contributed by atoms with E-state index in [0.717, 1.165) is 17.1 Å². The summed E-state index contributed by atoms with van der Waals surface area (Å²) in [6.45, 7) is 4.60. The molecule has 10 rings (SSSR count). The van der Waals surface area contributed by atoms with Crippen LogP contribution in [0.1, 0.15) is 25.0 Å². The molecule has 226 valence electrons. The van der Waals surface area contributed by atoms with Gasteiger partial charge in [-0.3, -0.25) is 4.99 Å². The molecule has 0 unspecified atom stereocenters. The van der Waals surface area contributed by atoms with Crippen LogP contribution in [0, 0.1) is 0 Å². The highest BCUT2D eigenvalue weighted by Gasteiger charge is 2.37. The highest BCUT2D eigenvalue weighted by atomic mass is 15.0. The Morgan fingerprint density at radius 1 is 0.438 bits per heavy atom. The summed E-state index contributed by atoms with van der Waals surface area (Å²) in [5.41, 5.74) is 10.4. The minimum absolute atomic E-state index is 0.187. The van der Waals surface area contributed by atoms with E-state index in [0.29, 0.717) is 0 Å². The van der Waals surface area contributed by atoms with Crippen molar-refractivity contribution < 1.29 is 0 Å². The van der Waals surface area contributed by atoms with Crippen LogP contribution in [0.5, 0.6) is 0 Å². The van der Waals surface area contributed by atoms with Crippen LogP contribution in [-0.4, -0.2) is 10.3 Å². The Kier molecular flexibility index (Phi) is 5.66. The first-order valence-electron chi connectivity index (χ1n) is 16.7. The van der Waals surface area contributed by atoms with Crippen molar-refractivity contribution >= 4 is 65.5 Å². The molecule has 1 aliphatic heterocycles. The lowest BCUT2D eigenvalue weighted by atomic mass is 9.78. The van der Waals surface area contributed by atoms with E-state index in [1.165, 1.54) is 76.4 Å². The lowest BCUT2D eigenvalue weighted by Gasteiger charge is -2.22. The Labute approximate surface area is 279 Å². The zero-order valence-corrected chi connectivity index (χ0v) is 26.9. The molecule has 0 N–H and O–H groups in total. The fourth-order valence-corrected chi connectivity index (χ4v) is 8.23. The molecule has 9 aromatic rings. The normalized spacial score (nSPS) is 13.9. The number of aliphatic imine (C=N–C) groups is 1. The van der Waals surface area contributed by atoms with Crippen LogP contribution in [-0.2, 0) is 5.41 Å². The van der Waals surface area contributed by atoms with E-state index in [1.54, 1.807) is 0 Å². The molecule has 2 heteroatoms. The Morgan fingerprint density at radius 2 is 1.00 bits per heavy atom. The summed E-state index contributed by atoms with van der Waals surface area (Å²) in [6.07, 6.45) is 0. The van der Waals surface area contributed by atoms with Crippen molar-refractivity contribution in [2.45, 2.75) is 19.3 Å². The first kappa shape index (κ1) is 27.2. The van der Waals surface area contributed by atoms with Crippen LogP contribution in [0.15, 0.2) is 163 Å². The van der Waals surface area contributed by atoms with Gasteiger partial charge in [-0.1, -0.05) is 141 Å². The highest BCUT2D eigenvalue weighted by Crippen LogP contribution is 2.49. The van der Waals surface area contributed by atoms with Crippen molar-refractivity contribution in [2.24, 2.45) is 4.99 Å². The van der Waals surface area contributed by atoms with Crippen LogP contribution in [0.2, 0.25) is 0 Å². The summed E-state index contributed by atoms with van der Waals surface area (Å²) < 4.78 is 2.40. The van der Waals surface area contributed by atoms with E-state index >= 15 is 0 Å². The zero-order chi connectivity index (χ0) is 32.0. The third-order valence-electron chi connectivity index (χ3n) is 10.6. The number of fused-ring (bicyclic) bond motifs is 11. The second-order valence-electron chi connectivity index (χ2n) is 13.6. The topological polar surface area (TPSA) is 17.3 Å². The van der Waals surface area contributed by atoms with Gasteiger partial charge in [0.05, 0.1) is 22.4 Å². The van der Waals surface area contributed by atoms with Gasteiger partial charge in [0.1, 0.15) is 0 Å². The molecule has 48 heavy (non-hydrogen) atoms. The standard InChI is InChI=1S/C46H32N2/c1-46(2)40-26-27-42-43(44(40)47-45(46)30-12-4-3-5-13-30)38-18-10-11-19-41(38)48(42)32-23-20-29(21-24-32)31-22-25-37-35-16-7-6-14-33(35)34-15-8-9-17-36(34)39(37)28-31/h3-28H,1-2H3. The average molecular weight is 613 g/mol. The second kappa shape index (κ2) is 10.0. The van der Waals surface area contributed by atoms with E-state index in [9.17, 15) is 0 Å². The van der Waals surface area contributed by atoms with Crippen molar-refractivity contribution in [2.75, 3.05) is 0 Å². The van der Waals surface area contributed by atoms with Gasteiger partial charge >= 0.3 is 0 Å². The minimum Gasteiger partial charge on any atom is -0.309 e. The fourth-order valence-electron chi connectivity index (χ4n) is 8.23. The predicted molar refractivity (Wildman–Crippen MR) is 204 cm³/mol. The number of benzene rings is 8. The molecule has 2 heterocycles. The summed E-state index contributed by atoms with van der Waals surface area (Å²) in [6, 6.07) is 57.5. The van der Waals surface area contributed by atoms with Crippen molar-refractivity contribution in [3.05, 3.63) is 169 Å². The van der Waals surface area contributed by atoms with Gasteiger partial charge in [0.25, 0.3) is 0 Å². The van der Waals surface area contributed by atoms with Crippen molar-refractivity contribution in [3.8, 4) is 16.8 Å². The van der Waals surface area contributed by atoms with Gasteiger partial charge in [0.2, 0.25) is 0 Å². The summed E-state index contributed by atoms with van der Waals surface area (Å²) in [5.74, 6) is 0. The summed E-state index contributed by atoms with van der Waals surface area (Å²) in [5, 5.41) is 10.2. The highest BCUT2D eigenvalue weighted by molar-refractivity contribution is 6.26. The van der Waals surface area contributed by atoms with E-state index in [-0.39, 0.29) is 5.41 Å². The molecule has 0 bridgehead atoms. The molecule has 8 aromatic carbocycles. The van der Waals surface area contributed by atoms with Gasteiger partial charge in [-0.2, -0.15) is 0 Å². The summed E-state index contributed by atoms with van der Waals surface area (Å²) in [4.78, 5) is 5.38. The molecule has 2 nitrogen and oxygen atoms in total. The van der Waals surface area contributed by atoms with E-state index in [4.69, 9.17) is 4.99 Å². The van der Waals surface area contributed by atoms with Gasteiger partial charge in [0.15, 0.2) is 0 Å². The van der Waals surface area contributed by atoms with Crippen LogP contribution < -0.4 is 0 Å². The van der Waals surface area contributed by atoms with Crippen LogP contribution in [0.4, 0.5) is 5.69 Å². The monoisotopic (exact) mass is 612 g/mol. The molecule has 0 atom stereocenters. The quantitative estimate of drug-likeness (QED) is 0.177.